The summed E-state index contributed by atoms with van der Waals surface area (Å²) in [5, 5.41) is 2.65. The van der Waals surface area contributed by atoms with Crippen molar-refractivity contribution in [2.75, 3.05) is 5.32 Å². The van der Waals surface area contributed by atoms with Crippen molar-refractivity contribution in [3.63, 3.8) is 0 Å². The second-order valence-electron chi connectivity index (χ2n) is 4.90. The van der Waals surface area contributed by atoms with Gasteiger partial charge in [0.2, 0.25) is 0 Å². The van der Waals surface area contributed by atoms with E-state index < -0.39 is 17.7 Å². The topological polar surface area (TPSA) is 42.0 Å². The van der Waals surface area contributed by atoms with E-state index in [0.29, 0.717) is 11.6 Å². The van der Waals surface area contributed by atoms with Gasteiger partial charge in [-0.2, -0.15) is 13.2 Å². The molecule has 0 spiro atoms. The van der Waals surface area contributed by atoms with E-state index in [9.17, 15) is 18.0 Å². The number of carbonyl (C=O) groups is 1. The number of amides is 1. The molecular weight excluding hydrogens is 337 g/mol. The molecule has 0 saturated carbocycles. The van der Waals surface area contributed by atoms with Gasteiger partial charge in [-0.25, -0.2) is 4.98 Å². The van der Waals surface area contributed by atoms with Crippen molar-refractivity contribution in [2.45, 2.75) is 6.18 Å². The molecule has 1 amide bonds. The molecule has 1 aromatic heterocycles. The van der Waals surface area contributed by atoms with Crippen LogP contribution in [0.1, 0.15) is 5.56 Å². The molecule has 0 aliphatic heterocycles. The van der Waals surface area contributed by atoms with Gasteiger partial charge in [0, 0.05) is 6.08 Å². The van der Waals surface area contributed by atoms with Gasteiger partial charge in [-0.05, 0) is 17.7 Å². The first-order valence-electron chi connectivity index (χ1n) is 6.94. The van der Waals surface area contributed by atoms with Gasteiger partial charge in [-0.1, -0.05) is 53.8 Å². The highest BCUT2D eigenvalue weighted by molar-refractivity contribution is 7.22. The summed E-state index contributed by atoms with van der Waals surface area (Å²) in [6.45, 7) is 0. The third kappa shape index (κ3) is 3.62. The van der Waals surface area contributed by atoms with Gasteiger partial charge in [0.05, 0.1) is 15.8 Å². The minimum Gasteiger partial charge on any atom is -0.298 e. The van der Waals surface area contributed by atoms with Crippen LogP contribution in [-0.2, 0) is 4.79 Å². The Labute approximate surface area is 139 Å². The molecule has 0 saturated heterocycles. The average molecular weight is 348 g/mol. The van der Waals surface area contributed by atoms with Gasteiger partial charge in [-0.15, -0.1) is 0 Å². The van der Waals surface area contributed by atoms with E-state index in [1.165, 1.54) is 35.6 Å². The zero-order valence-electron chi connectivity index (χ0n) is 12.2. The number of aromatic nitrogens is 1. The van der Waals surface area contributed by atoms with E-state index in [0.717, 1.165) is 4.70 Å². The van der Waals surface area contributed by atoms with E-state index >= 15 is 0 Å². The Bertz CT molecular complexity index is 868. The predicted octanol–water partition coefficient (Wildman–Crippen LogP) is 4.88. The third-order valence-electron chi connectivity index (χ3n) is 3.19. The lowest BCUT2D eigenvalue weighted by Crippen LogP contribution is -2.15. The van der Waals surface area contributed by atoms with E-state index in [4.69, 9.17) is 0 Å². The molecule has 1 N–H and O–H groups in total. The standard InChI is InChI=1S/C17H11F3N2OS/c18-17(19,20)12(11-6-2-1-3-7-11)10-15(23)22-16-21-13-8-4-5-9-14(13)24-16/h1-10H,(H,21,22,23)/b12-10-. The fraction of sp³-hybridized carbons (Fsp3) is 0.0588. The maximum absolute atomic E-state index is 13.2. The van der Waals surface area contributed by atoms with E-state index in [2.05, 4.69) is 10.3 Å². The molecule has 2 aromatic carbocycles. The first-order valence-corrected chi connectivity index (χ1v) is 7.76. The Morgan fingerprint density at radius 2 is 1.71 bits per heavy atom. The molecule has 0 bridgehead atoms. The van der Waals surface area contributed by atoms with Crippen LogP contribution in [0, 0.1) is 0 Å². The summed E-state index contributed by atoms with van der Waals surface area (Å²) in [6, 6.07) is 14.4. The molecule has 3 rings (SSSR count). The van der Waals surface area contributed by atoms with Crippen LogP contribution in [0.15, 0.2) is 60.7 Å². The summed E-state index contributed by atoms with van der Waals surface area (Å²) in [6.07, 6.45) is -4.08. The molecule has 0 aliphatic carbocycles. The SMILES string of the molecule is O=C(/C=C(/c1ccccc1)C(F)(F)F)Nc1nc2ccccc2s1. The molecule has 0 unspecified atom stereocenters. The Morgan fingerprint density at radius 1 is 1.04 bits per heavy atom. The lowest BCUT2D eigenvalue weighted by molar-refractivity contribution is -0.112. The van der Waals surface area contributed by atoms with Crippen LogP contribution in [0.5, 0.6) is 0 Å². The highest BCUT2D eigenvalue weighted by Gasteiger charge is 2.35. The fourth-order valence-electron chi connectivity index (χ4n) is 2.14. The number of carbonyl (C=O) groups excluding carboxylic acids is 1. The lowest BCUT2D eigenvalue weighted by atomic mass is 10.1. The molecule has 3 nitrogen and oxygen atoms in total. The molecule has 0 aliphatic rings. The number of thiazole rings is 1. The van der Waals surface area contributed by atoms with Crippen molar-refractivity contribution in [1.82, 2.24) is 4.98 Å². The number of nitrogens with one attached hydrogen (secondary N) is 1. The summed E-state index contributed by atoms with van der Waals surface area (Å²) in [4.78, 5) is 16.2. The van der Waals surface area contributed by atoms with E-state index in [1.807, 2.05) is 12.1 Å². The first-order chi connectivity index (χ1) is 11.4. The maximum Gasteiger partial charge on any atom is 0.417 e. The summed E-state index contributed by atoms with van der Waals surface area (Å²) in [5.74, 6) is -0.870. The Morgan fingerprint density at radius 3 is 2.38 bits per heavy atom. The summed E-state index contributed by atoms with van der Waals surface area (Å²) >= 11 is 1.20. The van der Waals surface area contributed by atoms with Gasteiger partial charge in [0.15, 0.2) is 5.13 Å². The Balaban J connectivity index is 1.88. The summed E-state index contributed by atoms with van der Waals surface area (Å²) in [5.41, 5.74) is -0.382. The van der Waals surface area contributed by atoms with Crippen molar-refractivity contribution < 1.29 is 18.0 Å². The highest BCUT2D eigenvalue weighted by atomic mass is 32.1. The largest absolute Gasteiger partial charge is 0.417 e. The molecule has 122 valence electrons. The van der Waals surface area contributed by atoms with E-state index in [-0.39, 0.29) is 10.7 Å². The van der Waals surface area contributed by atoms with Crippen molar-refractivity contribution in [2.24, 2.45) is 0 Å². The Hall–Kier alpha value is -2.67. The van der Waals surface area contributed by atoms with Crippen molar-refractivity contribution >= 4 is 38.2 Å². The van der Waals surface area contributed by atoms with Crippen molar-refractivity contribution in [3.05, 3.63) is 66.2 Å². The summed E-state index contributed by atoms with van der Waals surface area (Å²) in [7, 11) is 0. The van der Waals surface area contributed by atoms with E-state index in [1.54, 1.807) is 18.2 Å². The zero-order chi connectivity index (χ0) is 17.2. The number of alkyl halides is 3. The number of nitrogens with zero attached hydrogens (tertiary/aromatic N) is 1. The number of benzene rings is 2. The highest BCUT2D eigenvalue weighted by Crippen LogP contribution is 2.34. The number of anilines is 1. The fourth-order valence-corrected chi connectivity index (χ4v) is 3.01. The average Bonchev–Trinajstić information content (AvgIpc) is 2.94. The predicted molar refractivity (Wildman–Crippen MR) is 88.7 cm³/mol. The molecule has 1 heterocycles. The molecule has 24 heavy (non-hydrogen) atoms. The first kappa shape index (κ1) is 16.2. The number of allylic oxidation sites excluding steroid dienone is 1. The van der Waals surface area contributed by atoms with Crippen LogP contribution in [0.3, 0.4) is 0 Å². The van der Waals surface area contributed by atoms with Crippen LogP contribution in [0.4, 0.5) is 18.3 Å². The number of rotatable bonds is 3. The lowest BCUT2D eigenvalue weighted by Gasteiger charge is -2.11. The van der Waals surface area contributed by atoms with Gasteiger partial charge < -0.3 is 0 Å². The zero-order valence-corrected chi connectivity index (χ0v) is 13.0. The van der Waals surface area contributed by atoms with Crippen LogP contribution in [0.2, 0.25) is 0 Å². The quantitative estimate of drug-likeness (QED) is 0.686. The van der Waals surface area contributed by atoms with Gasteiger partial charge in [-0.3, -0.25) is 10.1 Å². The van der Waals surface area contributed by atoms with Gasteiger partial charge >= 0.3 is 6.18 Å². The normalized spacial score (nSPS) is 12.4. The molecular formula is C17H11F3N2OS. The number of hydrogen-bond donors (Lipinski definition) is 1. The minimum atomic E-state index is -4.63. The van der Waals surface area contributed by atoms with Crippen LogP contribution < -0.4 is 5.32 Å². The monoisotopic (exact) mass is 348 g/mol. The second-order valence-corrected chi connectivity index (χ2v) is 5.93. The van der Waals surface area contributed by atoms with Crippen LogP contribution >= 0.6 is 11.3 Å². The van der Waals surface area contributed by atoms with Crippen LogP contribution in [-0.4, -0.2) is 17.1 Å². The number of fused-ring (bicyclic) bond motifs is 1. The smallest absolute Gasteiger partial charge is 0.298 e. The minimum absolute atomic E-state index is 0.0653. The third-order valence-corrected chi connectivity index (χ3v) is 4.14. The molecule has 0 fully saturated rings. The van der Waals surface area contributed by atoms with Crippen molar-refractivity contribution in [3.8, 4) is 0 Å². The van der Waals surface area contributed by atoms with Crippen molar-refractivity contribution in [1.29, 1.82) is 0 Å². The maximum atomic E-state index is 13.2. The molecule has 0 radical (unpaired) electrons. The molecule has 0 atom stereocenters. The Kier molecular flexibility index (Phi) is 4.35. The number of halogens is 3. The molecule has 7 heteroatoms. The molecule has 3 aromatic rings. The summed E-state index contributed by atoms with van der Waals surface area (Å²) < 4.78 is 40.5. The second kappa shape index (κ2) is 6.45. The number of para-hydroxylation sites is 1. The number of hydrogen-bond acceptors (Lipinski definition) is 3. The van der Waals surface area contributed by atoms with Gasteiger partial charge in [0.25, 0.3) is 5.91 Å². The van der Waals surface area contributed by atoms with Gasteiger partial charge in [0.1, 0.15) is 0 Å². The van der Waals surface area contributed by atoms with Crippen LogP contribution in [0.25, 0.3) is 15.8 Å².